The monoisotopic (exact) mass is 190 g/mol. The van der Waals surface area contributed by atoms with E-state index in [0.29, 0.717) is 0 Å². The fraction of sp³-hybridized carbons (Fsp3) is 0.900. The number of unbranched alkanes of at least 4 members (excludes halogenated alkanes) is 5. The molecule has 72 valence electrons. The Balaban J connectivity index is 2.95. The van der Waals surface area contributed by atoms with Gasteiger partial charge in [-0.3, -0.25) is 0 Å². The minimum atomic E-state index is -0.254. The molecule has 1 atom stereocenters. The van der Waals surface area contributed by atoms with Crippen molar-refractivity contribution >= 4 is 17.9 Å². The molecule has 2 heteroatoms. The predicted octanol–water partition coefficient (Wildman–Crippen LogP) is 3.54. The number of rotatable bonds is 8. The molecular formula is C10H19ClO. The molecule has 0 fully saturated rings. The third-order valence-corrected chi connectivity index (χ3v) is 2.30. The molecule has 0 aromatic carbocycles. The van der Waals surface area contributed by atoms with Crippen molar-refractivity contribution in [3.05, 3.63) is 0 Å². The predicted molar refractivity (Wildman–Crippen MR) is 53.7 cm³/mol. The second-order valence-corrected chi connectivity index (χ2v) is 3.77. The highest BCUT2D eigenvalue weighted by Crippen LogP contribution is 2.10. The summed E-state index contributed by atoms with van der Waals surface area (Å²) in [5.41, 5.74) is 0. The topological polar surface area (TPSA) is 17.1 Å². The van der Waals surface area contributed by atoms with Crippen molar-refractivity contribution < 1.29 is 4.79 Å². The SMILES string of the molecule is CCCCCCCCC(Cl)C=O. The molecule has 0 aromatic heterocycles. The molecule has 0 saturated heterocycles. The van der Waals surface area contributed by atoms with Gasteiger partial charge >= 0.3 is 0 Å². The lowest BCUT2D eigenvalue weighted by Gasteiger charge is -2.01. The van der Waals surface area contributed by atoms with Crippen LogP contribution in [0.25, 0.3) is 0 Å². The van der Waals surface area contributed by atoms with Crippen LogP contribution in [-0.4, -0.2) is 11.7 Å². The number of carbonyl (C=O) groups excluding carboxylic acids is 1. The smallest absolute Gasteiger partial charge is 0.137 e. The Kier molecular flexibility index (Phi) is 9.02. The van der Waals surface area contributed by atoms with Gasteiger partial charge in [-0.05, 0) is 6.42 Å². The highest BCUT2D eigenvalue weighted by molar-refractivity contribution is 6.27. The van der Waals surface area contributed by atoms with E-state index in [1.54, 1.807) is 0 Å². The first-order valence-electron chi connectivity index (χ1n) is 4.90. The first-order valence-corrected chi connectivity index (χ1v) is 5.34. The number of alkyl halides is 1. The van der Waals surface area contributed by atoms with Crippen LogP contribution in [-0.2, 0) is 4.79 Å². The normalized spacial score (nSPS) is 12.8. The van der Waals surface area contributed by atoms with Crippen molar-refractivity contribution in [2.75, 3.05) is 0 Å². The van der Waals surface area contributed by atoms with Gasteiger partial charge < -0.3 is 4.79 Å². The van der Waals surface area contributed by atoms with Gasteiger partial charge in [0.1, 0.15) is 6.29 Å². The maximum atomic E-state index is 10.1. The third kappa shape index (κ3) is 8.06. The zero-order valence-corrected chi connectivity index (χ0v) is 8.65. The van der Waals surface area contributed by atoms with Crippen molar-refractivity contribution in [2.24, 2.45) is 0 Å². The van der Waals surface area contributed by atoms with Crippen LogP contribution in [0.2, 0.25) is 0 Å². The van der Waals surface area contributed by atoms with Crippen molar-refractivity contribution in [1.82, 2.24) is 0 Å². The van der Waals surface area contributed by atoms with Crippen molar-refractivity contribution in [3.63, 3.8) is 0 Å². The summed E-state index contributed by atoms with van der Waals surface area (Å²) in [5, 5.41) is -0.254. The molecule has 1 unspecified atom stereocenters. The molecule has 0 N–H and O–H groups in total. The van der Waals surface area contributed by atoms with Crippen molar-refractivity contribution in [2.45, 2.75) is 57.2 Å². The molecule has 0 heterocycles. The lowest BCUT2D eigenvalue weighted by atomic mass is 10.1. The van der Waals surface area contributed by atoms with Crippen molar-refractivity contribution in [1.29, 1.82) is 0 Å². The van der Waals surface area contributed by atoms with E-state index < -0.39 is 0 Å². The molecule has 0 saturated carbocycles. The largest absolute Gasteiger partial charge is 0.302 e. The summed E-state index contributed by atoms with van der Waals surface area (Å²) in [6.45, 7) is 2.21. The minimum absolute atomic E-state index is 0.254. The van der Waals surface area contributed by atoms with E-state index in [9.17, 15) is 4.79 Å². The third-order valence-electron chi connectivity index (χ3n) is 1.98. The van der Waals surface area contributed by atoms with Crippen LogP contribution in [0.3, 0.4) is 0 Å². The average molecular weight is 191 g/mol. The summed E-state index contributed by atoms with van der Waals surface area (Å²) >= 11 is 5.64. The van der Waals surface area contributed by atoms with E-state index in [0.717, 1.165) is 19.1 Å². The fourth-order valence-corrected chi connectivity index (χ4v) is 1.34. The van der Waals surface area contributed by atoms with Crippen LogP contribution >= 0.6 is 11.6 Å². The highest BCUT2D eigenvalue weighted by atomic mass is 35.5. The van der Waals surface area contributed by atoms with Gasteiger partial charge in [-0.2, -0.15) is 0 Å². The molecule has 12 heavy (non-hydrogen) atoms. The Morgan fingerprint density at radius 1 is 1.17 bits per heavy atom. The Bertz CT molecular complexity index is 104. The highest BCUT2D eigenvalue weighted by Gasteiger charge is 2.00. The lowest BCUT2D eigenvalue weighted by Crippen LogP contribution is -1.98. The Hall–Kier alpha value is -0.0400. The number of aldehydes is 1. The second kappa shape index (κ2) is 9.05. The molecule has 0 amide bonds. The van der Waals surface area contributed by atoms with Crippen LogP contribution in [0, 0.1) is 0 Å². The standard InChI is InChI=1S/C10H19ClO/c1-2-3-4-5-6-7-8-10(11)9-12/h9-10H,2-8H2,1H3. The Morgan fingerprint density at radius 2 is 1.75 bits per heavy atom. The summed E-state index contributed by atoms with van der Waals surface area (Å²) in [7, 11) is 0. The van der Waals surface area contributed by atoms with Gasteiger partial charge in [-0.25, -0.2) is 0 Å². The quantitative estimate of drug-likeness (QED) is 0.325. The molecule has 0 radical (unpaired) electrons. The summed E-state index contributed by atoms with van der Waals surface area (Å²) in [6.07, 6.45) is 9.21. The zero-order valence-electron chi connectivity index (χ0n) is 7.89. The van der Waals surface area contributed by atoms with Gasteiger partial charge in [-0.1, -0.05) is 45.4 Å². The summed E-state index contributed by atoms with van der Waals surface area (Å²) in [5.74, 6) is 0. The van der Waals surface area contributed by atoms with E-state index >= 15 is 0 Å². The van der Waals surface area contributed by atoms with Crippen LogP contribution < -0.4 is 0 Å². The molecule has 0 aliphatic heterocycles. The minimum Gasteiger partial charge on any atom is -0.302 e. The molecule has 0 aliphatic carbocycles. The van der Waals surface area contributed by atoms with Crippen LogP contribution in [0.1, 0.15) is 51.9 Å². The second-order valence-electron chi connectivity index (χ2n) is 3.21. The average Bonchev–Trinajstić information content (AvgIpc) is 2.10. The Labute approximate surface area is 80.5 Å². The van der Waals surface area contributed by atoms with E-state index in [2.05, 4.69) is 6.92 Å². The molecule has 0 bridgehead atoms. The van der Waals surface area contributed by atoms with Crippen LogP contribution in [0.5, 0.6) is 0 Å². The van der Waals surface area contributed by atoms with Gasteiger partial charge in [0, 0.05) is 0 Å². The van der Waals surface area contributed by atoms with Gasteiger partial charge in [0.15, 0.2) is 0 Å². The first-order chi connectivity index (χ1) is 5.81. The van der Waals surface area contributed by atoms with Gasteiger partial charge in [-0.15, -0.1) is 11.6 Å². The molecule has 0 spiro atoms. The van der Waals surface area contributed by atoms with E-state index in [-0.39, 0.29) is 5.38 Å². The molecule has 0 aliphatic rings. The fourth-order valence-electron chi connectivity index (χ4n) is 1.19. The maximum absolute atomic E-state index is 10.1. The summed E-state index contributed by atoms with van der Waals surface area (Å²) in [6, 6.07) is 0. The molecule has 0 aromatic rings. The van der Waals surface area contributed by atoms with E-state index in [1.807, 2.05) is 0 Å². The van der Waals surface area contributed by atoms with Gasteiger partial charge in [0.2, 0.25) is 0 Å². The number of carbonyl (C=O) groups is 1. The summed E-state index contributed by atoms with van der Waals surface area (Å²) < 4.78 is 0. The van der Waals surface area contributed by atoms with Crippen molar-refractivity contribution in [3.8, 4) is 0 Å². The van der Waals surface area contributed by atoms with E-state index in [4.69, 9.17) is 11.6 Å². The molecule has 0 rings (SSSR count). The maximum Gasteiger partial charge on any atom is 0.137 e. The number of halogens is 1. The van der Waals surface area contributed by atoms with Gasteiger partial charge in [0.05, 0.1) is 5.38 Å². The van der Waals surface area contributed by atoms with E-state index in [1.165, 1.54) is 32.1 Å². The van der Waals surface area contributed by atoms with Crippen LogP contribution in [0.15, 0.2) is 0 Å². The Morgan fingerprint density at radius 3 is 2.33 bits per heavy atom. The lowest BCUT2D eigenvalue weighted by molar-refractivity contribution is -0.107. The van der Waals surface area contributed by atoms with Gasteiger partial charge in [0.25, 0.3) is 0 Å². The number of hydrogen-bond acceptors (Lipinski definition) is 1. The molecular weight excluding hydrogens is 172 g/mol. The summed E-state index contributed by atoms with van der Waals surface area (Å²) in [4.78, 5) is 10.1. The zero-order chi connectivity index (χ0) is 9.23. The number of hydrogen-bond donors (Lipinski definition) is 0. The van der Waals surface area contributed by atoms with Crippen LogP contribution in [0.4, 0.5) is 0 Å². The first kappa shape index (κ1) is 12.0. The molecule has 1 nitrogen and oxygen atoms in total.